The molecule has 0 heterocycles. The Morgan fingerprint density at radius 3 is 2.33 bits per heavy atom. The van der Waals surface area contributed by atoms with Crippen molar-refractivity contribution in [2.24, 2.45) is 0 Å². The second-order valence-corrected chi connectivity index (χ2v) is 5.48. The zero-order valence-electron chi connectivity index (χ0n) is 12.3. The molecule has 0 atom stereocenters. The van der Waals surface area contributed by atoms with Gasteiger partial charge < -0.3 is 15.7 Å². The zero-order valence-corrected chi connectivity index (χ0v) is 12.3. The third kappa shape index (κ3) is 3.82. The van der Waals surface area contributed by atoms with Gasteiger partial charge in [0.25, 0.3) is 11.8 Å². The summed E-state index contributed by atoms with van der Waals surface area (Å²) in [5.41, 5.74) is 0.306. The summed E-state index contributed by atoms with van der Waals surface area (Å²) < 4.78 is 0. The minimum Gasteiger partial charge on any atom is -0.380 e. The highest BCUT2D eigenvalue weighted by molar-refractivity contribution is 5.94. The molecule has 0 radical (unpaired) electrons. The second-order valence-electron chi connectivity index (χ2n) is 5.48. The van der Waals surface area contributed by atoms with Crippen LogP contribution < -0.4 is 10.6 Å². The van der Waals surface area contributed by atoms with E-state index >= 15 is 0 Å². The van der Waals surface area contributed by atoms with Gasteiger partial charge in [0.15, 0.2) is 0 Å². The molecule has 114 valence electrons. The van der Waals surface area contributed by atoms with Crippen molar-refractivity contribution in [3.8, 4) is 0 Å². The van der Waals surface area contributed by atoms with E-state index in [-0.39, 0.29) is 11.8 Å². The summed E-state index contributed by atoms with van der Waals surface area (Å²) in [6, 6.07) is 7.08. The van der Waals surface area contributed by atoms with Crippen LogP contribution in [0.1, 0.15) is 48.5 Å². The fourth-order valence-electron chi connectivity index (χ4n) is 2.57. The maximum Gasteiger partial charge on any atom is 0.252 e. The van der Waals surface area contributed by atoms with Crippen LogP contribution in [0.4, 0.5) is 0 Å². The molecular formula is C16H22N2O3. The van der Waals surface area contributed by atoms with Crippen LogP contribution in [0.3, 0.4) is 0 Å². The van der Waals surface area contributed by atoms with E-state index in [9.17, 15) is 14.7 Å². The summed E-state index contributed by atoms with van der Waals surface area (Å²) in [4.78, 5) is 23.6. The highest BCUT2D eigenvalue weighted by Gasteiger charge is 2.38. The van der Waals surface area contributed by atoms with E-state index in [1.165, 1.54) is 0 Å². The molecule has 3 N–H and O–H groups in total. The Kier molecular flexibility index (Phi) is 4.96. The molecule has 2 rings (SSSR count). The normalized spacial score (nSPS) is 16.5. The molecule has 5 heteroatoms. The number of carbonyl (C=O) groups is 2. The lowest BCUT2D eigenvalue weighted by atomic mass is 10.0. The molecule has 0 aromatic heterocycles. The maximum atomic E-state index is 12.0. The smallest absolute Gasteiger partial charge is 0.252 e. The van der Waals surface area contributed by atoms with E-state index < -0.39 is 5.60 Å². The summed E-state index contributed by atoms with van der Waals surface area (Å²) >= 11 is 0. The number of hydrogen-bond donors (Lipinski definition) is 3. The first-order valence-corrected chi connectivity index (χ1v) is 7.43. The highest BCUT2D eigenvalue weighted by Crippen LogP contribution is 2.29. The van der Waals surface area contributed by atoms with E-state index in [0.29, 0.717) is 31.5 Å². The van der Waals surface area contributed by atoms with Gasteiger partial charge in [-0.2, -0.15) is 0 Å². The van der Waals surface area contributed by atoms with Gasteiger partial charge in [-0.15, -0.1) is 0 Å². The average molecular weight is 290 g/mol. The Balaban J connectivity index is 1.89. The number of nitrogens with one attached hydrogen (secondary N) is 2. The Hall–Kier alpha value is -1.88. The summed E-state index contributed by atoms with van der Waals surface area (Å²) in [5.74, 6) is -0.402. The Morgan fingerprint density at radius 1 is 1.14 bits per heavy atom. The van der Waals surface area contributed by atoms with Crippen LogP contribution in [0.2, 0.25) is 0 Å². The molecule has 0 saturated heterocycles. The van der Waals surface area contributed by atoms with Crippen molar-refractivity contribution < 1.29 is 14.7 Å². The summed E-state index contributed by atoms with van der Waals surface area (Å²) in [6.07, 6.45) is 2.86. The predicted molar refractivity (Wildman–Crippen MR) is 79.7 cm³/mol. The lowest BCUT2D eigenvalue weighted by molar-refractivity contribution is -0.139. The first kappa shape index (κ1) is 15.5. The van der Waals surface area contributed by atoms with Gasteiger partial charge in [0, 0.05) is 18.7 Å². The van der Waals surface area contributed by atoms with E-state index in [2.05, 4.69) is 10.6 Å². The molecule has 0 aliphatic heterocycles. The van der Waals surface area contributed by atoms with Gasteiger partial charge in [-0.05, 0) is 50.3 Å². The van der Waals surface area contributed by atoms with Crippen LogP contribution in [0.25, 0.3) is 0 Å². The largest absolute Gasteiger partial charge is 0.380 e. The lowest BCUT2D eigenvalue weighted by Gasteiger charge is -2.20. The van der Waals surface area contributed by atoms with Gasteiger partial charge >= 0.3 is 0 Å². The van der Waals surface area contributed by atoms with Crippen LogP contribution in [0.5, 0.6) is 0 Å². The maximum absolute atomic E-state index is 12.0. The molecule has 1 aromatic rings. The van der Waals surface area contributed by atoms with Crippen molar-refractivity contribution >= 4 is 11.8 Å². The number of aliphatic hydroxyl groups is 1. The molecule has 1 saturated carbocycles. The van der Waals surface area contributed by atoms with Gasteiger partial charge in [-0.1, -0.05) is 12.1 Å². The first-order valence-electron chi connectivity index (χ1n) is 7.43. The van der Waals surface area contributed by atoms with Crippen LogP contribution >= 0.6 is 0 Å². The fourth-order valence-corrected chi connectivity index (χ4v) is 2.57. The van der Waals surface area contributed by atoms with Gasteiger partial charge in [0.05, 0.1) is 0 Å². The van der Waals surface area contributed by atoms with Crippen molar-refractivity contribution in [2.75, 3.05) is 6.54 Å². The monoisotopic (exact) mass is 290 g/mol. The van der Waals surface area contributed by atoms with Crippen molar-refractivity contribution in [1.82, 2.24) is 10.6 Å². The Bertz CT molecular complexity index is 505. The van der Waals surface area contributed by atoms with Crippen LogP contribution in [-0.2, 0) is 11.3 Å². The third-order valence-corrected chi connectivity index (χ3v) is 3.86. The van der Waals surface area contributed by atoms with Crippen LogP contribution in [0, 0.1) is 0 Å². The van der Waals surface area contributed by atoms with E-state index in [1.54, 1.807) is 12.1 Å². The zero-order chi connectivity index (χ0) is 15.3. The highest BCUT2D eigenvalue weighted by atomic mass is 16.3. The molecule has 0 unspecified atom stereocenters. The molecule has 1 aliphatic rings. The Morgan fingerprint density at radius 2 is 1.76 bits per heavy atom. The number of benzene rings is 1. The van der Waals surface area contributed by atoms with Crippen molar-refractivity contribution in [1.29, 1.82) is 0 Å². The topological polar surface area (TPSA) is 78.4 Å². The number of hydrogen-bond acceptors (Lipinski definition) is 3. The fraction of sp³-hybridized carbons (Fsp3) is 0.500. The van der Waals surface area contributed by atoms with Crippen LogP contribution in [-0.4, -0.2) is 29.1 Å². The molecule has 0 bridgehead atoms. The van der Waals surface area contributed by atoms with Crippen molar-refractivity contribution in [3.05, 3.63) is 35.4 Å². The number of carbonyl (C=O) groups excluding carboxylic acids is 2. The van der Waals surface area contributed by atoms with Gasteiger partial charge in [0.2, 0.25) is 0 Å². The molecular weight excluding hydrogens is 268 g/mol. The molecule has 1 aliphatic carbocycles. The van der Waals surface area contributed by atoms with E-state index in [0.717, 1.165) is 18.4 Å². The quantitative estimate of drug-likeness (QED) is 0.766. The summed E-state index contributed by atoms with van der Waals surface area (Å²) in [5, 5.41) is 15.6. The second kappa shape index (κ2) is 6.72. The van der Waals surface area contributed by atoms with E-state index in [4.69, 9.17) is 0 Å². The van der Waals surface area contributed by atoms with E-state index in [1.807, 2.05) is 19.1 Å². The summed E-state index contributed by atoms with van der Waals surface area (Å²) in [7, 11) is 0. The lowest BCUT2D eigenvalue weighted by Crippen LogP contribution is -2.44. The minimum absolute atomic E-state index is 0.103. The molecule has 2 amide bonds. The van der Waals surface area contributed by atoms with Gasteiger partial charge in [-0.3, -0.25) is 9.59 Å². The standard InChI is InChI=1S/C16H22N2O3/c1-2-17-14(19)13-7-5-12(6-8-13)11-18-15(20)16(21)9-3-4-10-16/h5-8,21H,2-4,9-11H2,1H3,(H,17,19)(H,18,20). The van der Waals surface area contributed by atoms with Crippen molar-refractivity contribution in [3.63, 3.8) is 0 Å². The Labute approximate surface area is 124 Å². The molecule has 1 fully saturated rings. The minimum atomic E-state index is -1.19. The van der Waals surface area contributed by atoms with Crippen LogP contribution in [0.15, 0.2) is 24.3 Å². The molecule has 0 spiro atoms. The average Bonchev–Trinajstić information content (AvgIpc) is 2.93. The van der Waals surface area contributed by atoms with Gasteiger partial charge in [0.1, 0.15) is 5.60 Å². The predicted octanol–water partition coefficient (Wildman–Crippen LogP) is 1.36. The third-order valence-electron chi connectivity index (χ3n) is 3.86. The van der Waals surface area contributed by atoms with Gasteiger partial charge in [-0.25, -0.2) is 0 Å². The number of amides is 2. The first-order chi connectivity index (χ1) is 10.0. The SMILES string of the molecule is CCNC(=O)c1ccc(CNC(=O)C2(O)CCCC2)cc1. The molecule has 5 nitrogen and oxygen atoms in total. The number of rotatable bonds is 5. The summed E-state index contributed by atoms with van der Waals surface area (Å²) in [6.45, 7) is 2.82. The molecule has 21 heavy (non-hydrogen) atoms. The van der Waals surface area contributed by atoms with Crippen molar-refractivity contribution in [2.45, 2.75) is 44.8 Å². The molecule has 1 aromatic carbocycles.